The Labute approximate surface area is 98.8 Å². The molecule has 4 heteroatoms. The van der Waals surface area contributed by atoms with Gasteiger partial charge < -0.3 is 5.73 Å². The van der Waals surface area contributed by atoms with Crippen LogP contribution in [0.5, 0.6) is 0 Å². The normalized spacial score (nSPS) is 18.1. The quantitative estimate of drug-likeness (QED) is 0.852. The summed E-state index contributed by atoms with van der Waals surface area (Å²) >= 11 is 0. The van der Waals surface area contributed by atoms with Crippen molar-refractivity contribution < 1.29 is 13.2 Å². The molecule has 17 heavy (non-hydrogen) atoms. The highest BCUT2D eigenvalue weighted by atomic mass is 19.4. The van der Waals surface area contributed by atoms with Gasteiger partial charge in [-0.05, 0) is 36.5 Å². The van der Waals surface area contributed by atoms with Crippen LogP contribution in [-0.4, -0.2) is 0 Å². The van der Waals surface area contributed by atoms with E-state index in [-0.39, 0.29) is 6.04 Å². The SMILES string of the molecule is NC(CCC1CC1)c1ccc(C(F)(F)F)cc1. The second-order valence-corrected chi connectivity index (χ2v) is 4.75. The molecule has 0 saturated heterocycles. The van der Waals surface area contributed by atoms with E-state index in [9.17, 15) is 13.2 Å². The van der Waals surface area contributed by atoms with E-state index in [1.165, 1.54) is 25.0 Å². The van der Waals surface area contributed by atoms with Gasteiger partial charge in [-0.3, -0.25) is 0 Å². The van der Waals surface area contributed by atoms with Gasteiger partial charge in [0.2, 0.25) is 0 Å². The van der Waals surface area contributed by atoms with E-state index in [2.05, 4.69) is 0 Å². The lowest BCUT2D eigenvalue weighted by Crippen LogP contribution is -2.11. The van der Waals surface area contributed by atoms with Crippen LogP contribution in [0.4, 0.5) is 13.2 Å². The summed E-state index contributed by atoms with van der Waals surface area (Å²) < 4.78 is 37.1. The zero-order valence-electron chi connectivity index (χ0n) is 9.50. The van der Waals surface area contributed by atoms with E-state index in [0.29, 0.717) is 0 Å². The van der Waals surface area contributed by atoms with Crippen LogP contribution in [0.15, 0.2) is 24.3 Å². The lowest BCUT2D eigenvalue weighted by molar-refractivity contribution is -0.137. The third kappa shape index (κ3) is 3.46. The number of alkyl halides is 3. The molecule has 1 aliphatic carbocycles. The number of hydrogen-bond acceptors (Lipinski definition) is 1. The van der Waals surface area contributed by atoms with Gasteiger partial charge in [-0.2, -0.15) is 13.2 Å². The molecule has 1 saturated carbocycles. The van der Waals surface area contributed by atoms with Gasteiger partial charge in [0.1, 0.15) is 0 Å². The van der Waals surface area contributed by atoms with Crippen LogP contribution in [0, 0.1) is 5.92 Å². The molecule has 0 bridgehead atoms. The molecule has 1 aromatic rings. The maximum Gasteiger partial charge on any atom is 0.416 e. The first-order valence-electron chi connectivity index (χ1n) is 5.89. The van der Waals surface area contributed by atoms with Crippen LogP contribution in [0.3, 0.4) is 0 Å². The van der Waals surface area contributed by atoms with Crippen molar-refractivity contribution in [3.05, 3.63) is 35.4 Å². The number of nitrogens with two attached hydrogens (primary N) is 1. The number of halogens is 3. The molecular weight excluding hydrogens is 227 g/mol. The fraction of sp³-hybridized carbons (Fsp3) is 0.538. The van der Waals surface area contributed by atoms with Crippen molar-refractivity contribution in [3.63, 3.8) is 0 Å². The fourth-order valence-corrected chi connectivity index (χ4v) is 1.91. The minimum absolute atomic E-state index is 0.141. The summed E-state index contributed by atoms with van der Waals surface area (Å²) in [5.74, 6) is 0.801. The number of hydrogen-bond donors (Lipinski definition) is 1. The van der Waals surface area contributed by atoms with Crippen molar-refractivity contribution in [1.29, 1.82) is 0 Å². The standard InChI is InChI=1S/C13H16F3N/c14-13(15,16)11-6-4-10(5-7-11)12(17)8-3-9-1-2-9/h4-7,9,12H,1-3,8,17H2. The molecule has 1 atom stereocenters. The highest BCUT2D eigenvalue weighted by Crippen LogP contribution is 2.36. The predicted octanol–water partition coefficient (Wildman–Crippen LogP) is 3.90. The average Bonchev–Trinajstić information content (AvgIpc) is 3.09. The highest BCUT2D eigenvalue weighted by molar-refractivity contribution is 5.26. The molecule has 0 spiro atoms. The summed E-state index contributed by atoms with van der Waals surface area (Å²) in [5.41, 5.74) is 6.12. The van der Waals surface area contributed by atoms with Gasteiger partial charge >= 0.3 is 6.18 Å². The van der Waals surface area contributed by atoms with E-state index in [0.717, 1.165) is 36.5 Å². The fourth-order valence-electron chi connectivity index (χ4n) is 1.91. The lowest BCUT2D eigenvalue weighted by Gasteiger charge is -2.13. The molecule has 0 heterocycles. The molecule has 2 rings (SSSR count). The third-order valence-corrected chi connectivity index (χ3v) is 3.25. The van der Waals surface area contributed by atoms with Crippen molar-refractivity contribution in [1.82, 2.24) is 0 Å². The largest absolute Gasteiger partial charge is 0.416 e. The minimum atomic E-state index is -4.27. The topological polar surface area (TPSA) is 26.0 Å². The summed E-state index contributed by atoms with van der Waals surface area (Å²) in [6.07, 6.45) is 0.230. The Balaban J connectivity index is 1.96. The van der Waals surface area contributed by atoms with Crippen LogP contribution < -0.4 is 5.73 Å². The number of rotatable bonds is 4. The Morgan fingerprint density at radius 1 is 1.18 bits per heavy atom. The summed E-state index contributed by atoms with van der Waals surface area (Å²) in [6, 6.07) is 5.04. The maximum atomic E-state index is 12.4. The molecule has 0 amide bonds. The van der Waals surface area contributed by atoms with Crippen LogP contribution in [0.1, 0.15) is 42.9 Å². The molecule has 1 fully saturated rings. The van der Waals surface area contributed by atoms with E-state index < -0.39 is 11.7 Å². The Hall–Kier alpha value is -1.03. The zero-order valence-corrected chi connectivity index (χ0v) is 9.50. The van der Waals surface area contributed by atoms with Gasteiger partial charge in [0.05, 0.1) is 5.56 Å². The Morgan fingerprint density at radius 2 is 1.76 bits per heavy atom. The summed E-state index contributed by atoms with van der Waals surface area (Å²) in [4.78, 5) is 0. The van der Waals surface area contributed by atoms with E-state index >= 15 is 0 Å². The lowest BCUT2D eigenvalue weighted by atomic mass is 10.00. The maximum absolute atomic E-state index is 12.4. The molecule has 94 valence electrons. The van der Waals surface area contributed by atoms with Gasteiger partial charge in [0.15, 0.2) is 0 Å². The van der Waals surface area contributed by atoms with Crippen LogP contribution >= 0.6 is 0 Å². The van der Waals surface area contributed by atoms with Gasteiger partial charge in [0, 0.05) is 6.04 Å². The first-order valence-corrected chi connectivity index (χ1v) is 5.89. The third-order valence-electron chi connectivity index (χ3n) is 3.25. The first-order chi connectivity index (χ1) is 7.97. The number of benzene rings is 1. The van der Waals surface area contributed by atoms with Gasteiger partial charge in [-0.25, -0.2) is 0 Å². The Kier molecular flexibility index (Phi) is 3.43. The van der Waals surface area contributed by atoms with Crippen molar-refractivity contribution in [2.45, 2.75) is 37.9 Å². The molecule has 2 N–H and O–H groups in total. The second kappa shape index (κ2) is 4.69. The van der Waals surface area contributed by atoms with Crippen molar-refractivity contribution in [2.24, 2.45) is 11.7 Å². The molecule has 1 unspecified atom stereocenters. The molecule has 0 aromatic heterocycles. The van der Waals surface area contributed by atoms with Crippen LogP contribution in [0.25, 0.3) is 0 Å². The van der Waals surface area contributed by atoms with Gasteiger partial charge in [-0.1, -0.05) is 25.0 Å². The summed E-state index contributed by atoms with van der Waals surface area (Å²) in [5, 5.41) is 0. The van der Waals surface area contributed by atoms with E-state index in [4.69, 9.17) is 5.73 Å². The van der Waals surface area contributed by atoms with Crippen molar-refractivity contribution >= 4 is 0 Å². The second-order valence-electron chi connectivity index (χ2n) is 4.75. The van der Waals surface area contributed by atoms with Gasteiger partial charge in [-0.15, -0.1) is 0 Å². The Morgan fingerprint density at radius 3 is 2.24 bits per heavy atom. The first kappa shape index (κ1) is 12.4. The smallest absolute Gasteiger partial charge is 0.324 e. The van der Waals surface area contributed by atoms with Gasteiger partial charge in [0.25, 0.3) is 0 Å². The summed E-state index contributed by atoms with van der Waals surface area (Å²) in [7, 11) is 0. The Bertz CT molecular complexity index is 365. The monoisotopic (exact) mass is 243 g/mol. The van der Waals surface area contributed by atoms with Crippen molar-refractivity contribution in [2.75, 3.05) is 0 Å². The average molecular weight is 243 g/mol. The molecule has 1 aromatic carbocycles. The van der Waals surface area contributed by atoms with Crippen molar-refractivity contribution in [3.8, 4) is 0 Å². The molecule has 0 aliphatic heterocycles. The molecule has 0 radical (unpaired) electrons. The molecular formula is C13H16F3N. The van der Waals surface area contributed by atoms with E-state index in [1.807, 2.05) is 0 Å². The minimum Gasteiger partial charge on any atom is -0.324 e. The molecule has 1 nitrogen and oxygen atoms in total. The van der Waals surface area contributed by atoms with E-state index in [1.54, 1.807) is 0 Å². The molecule has 1 aliphatic rings. The van der Waals surface area contributed by atoms with Crippen LogP contribution in [0.2, 0.25) is 0 Å². The van der Waals surface area contributed by atoms with Crippen LogP contribution in [-0.2, 0) is 6.18 Å². The zero-order chi connectivity index (χ0) is 12.5. The predicted molar refractivity (Wildman–Crippen MR) is 60.3 cm³/mol. The highest BCUT2D eigenvalue weighted by Gasteiger charge is 2.30. The summed E-state index contributed by atoms with van der Waals surface area (Å²) in [6.45, 7) is 0.